The van der Waals surface area contributed by atoms with Crippen LogP contribution in [0.2, 0.25) is 0 Å². The fraction of sp³-hybridized carbons (Fsp3) is 0.500. The second kappa shape index (κ2) is 5.08. The largest absolute Gasteiger partial charge is 0.480 e. The van der Waals surface area contributed by atoms with Crippen LogP contribution in [-0.2, 0) is 9.53 Å². The summed E-state index contributed by atoms with van der Waals surface area (Å²) in [5.74, 6) is -0.795. The topological polar surface area (TPSA) is 49.8 Å². The third kappa shape index (κ3) is 2.89. The van der Waals surface area contributed by atoms with Crippen LogP contribution >= 0.6 is 0 Å². The average molecular weight is 249 g/mol. The fourth-order valence-corrected chi connectivity index (χ4v) is 2.21. The van der Waals surface area contributed by atoms with E-state index in [4.69, 9.17) is 9.84 Å². The zero-order valence-corrected chi connectivity index (χ0v) is 10.8. The van der Waals surface area contributed by atoms with Gasteiger partial charge >= 0.3 is 5.97 Å². The Morgan fingerprint density at radius 3 is 2.72 bits per heavy atom. The number of nitrogens with zero attached hydrogens (tertiary/aromatic N) is 1. The highest BCUT2D eigenvalue weighted by atomic mass is 16.5. The molecular weight excluding hydrogens is 230 g/mol. The van der Waals surface area contributed by atoms with Crippen molar-refractivity contribution in [3.63, 3.8) is 0 Å². The standard InChI is InChI=1S/C14H19NO3/c1-14(2)10-18-12(8-15(14)9-13(16)17)11-6-4-3-5-7-11/h3-7,12H,8-10H2,1-2H3,(H,16,17). The maximum atomic E-state index is 10.9. The molecule has 1 aliphatic heterocycles. The number of carbonyl (C=O) groups is 1. The molecule has 1 aliphatic rings. The van der Waals surface area contributed by atoms with E-state index < -0.39 is 5.97 Å². The van der Waals surface area contributed by atoms with E-state index in [1.54, 1.807) is 0 Å². The second-order valence-electron chi connectivity index (χ2n) is 5.30. The molecule has 1 atom stereocenters. The number of carboxylic acids is 1. The van der Waals surface area contributed by atoms with Crippen molar-refractivity contribution in [1.82, 2.24) is 4.90 Å². The van der Waals surface area contributed by atoms with Gasteiger partial charge < -0.3 is 9.84 Å². The van der Waals surface area contributed by atoms with Crippen molar-refractivity contribution in [3.05, 3.63) is 35.9 Å². The highest BCUT2D eigenvalue weighted by Gasteiger charge is 2.36. The first kappa shape index (κ1) is 13.1. The summed E-state index contributed by atoms with van der Waals surface area (Å²) in [6.45, 7) is 5.23. The maximum absolute atomic E-state index is 10.9. The predicted octanol–water partition coefficient (Wildman–Crippen LogP) is 1.92. The Kier molecular flexibility index (Phi) is 3.68. The SMILES string of the molecule is CC1(C)COC(c2ccccc2)CN1CC(=O)O. The van der Waals surface area contributed by atoms with Gasteiger partial charge in [-0.25, -0.2) is 0 Å². The van der Waals surface area contributed by atoms with Crippen LogP contribution in [0.1, 0.15) is 25.5 Å². The van der Waals surface area contributed by atoms with E-state index >= 15 is 0 Å². The van der Waals surface area contributed by atoms with Crippen molar-refractivity contribution in [3.8, 4) is 0 Å². The van der Waals surface area contributed by atoms with Crippen LogP contribution in [0.4, 0.5) is 0 Å². The Morgan fingerprint density at radius 2 is 2.11 bits per heavy atom. The number of aliphatic carboxylic acids is 1. The number of ether oxygens (including phenoxy) is 1. The molecule has 0 bridgehead atoms. The monoisotopic (exact) mass is 249 g/mol. The molecule has 98 valence electrons. The van der Waals surface area contributed by atoms with Gasteiger partial charge in [0.15, 0.2) is 0 Å². The molecule has 4 nitrogen and oxygen atoms in total. The number of morpholine rings is 1. The second-order valence-corrected chi connectivity index (χ2v) is 5.30. The molecular formula is C14H19NO3. The first-order valence-corrected chi connectivity index (χ1v) is 6.12. The van der Waals surface area contributed by atoms with Crippen LogP contribution in [0.25, 0.3) is 0 Å². The van der Waals surface area contributed by atoms with E-state index in [0.717, 1.165) is 5.56 Å². The molecule has 1 fully saturated rings. The lowest BCUT2D eigenvalue weighted by Gasteiger charge is -2.44. The van der Waals surface area contributed by atoms with Gasteiger partial charge in [0.1, 0.15) is 0 Å². The predicted molar refractivity (Wildman–Crippen MR) is 68.4 cm³/mol. The molecule has 1 N–H and O–H groups in total. The Balaban J connectivity index is 2.12. The van der Waals surface area contributed by atoms with Crippen molar-refractivity contribution in [2.24, 2.45) is 0 Å². The van der Waals surface area contributed by atoms with E-state index in [1.807, 2.05) is 49.1 Å². The van der Waals surface area contributed by atoms with Gasteiger partial charge in [-0.15, -0.1) is 0 Å². The summed E-state index contributed by atoms with van der Waals surface area (Å²) in [5, 5.41) is 8.97. The molecule has 0 aromatic heterocycles. The third-order valence-corrected chi connectivity index (χ3v) is 3.38. The van der Waals surface area contributed by atoms with Crippen molar-refractivity contribution in [2.45, 2.75) is 25.5 Å². The zero-order valence-electron chi connectivity index (χ0n) is 10.8. The molecule has 1 aromatic rings. The molecule has 1 heterocycles. The molecule has 1 aromatic carbocycles. The van der Waals surface area contributed by atoms with E-state index in [1.165, 1.54) is 0 Å². The zero-order chi connectivity index (χ0) is 13.2. The lowest BCUT2D eigenvalue weighted by Crippen LogP contribution is -2.55. The molecule has 18 heavy (non-hydrogen) atoms. The van der Waals surface area contributed by atoms with Crippen LogP contribution in [0.15, 0.2) is 30.3 Å². The van der Waals surface area contributed by atoms with Crippen molar-refractivity contribution in [1.29, 1.82) is 0 Å². The van der Waals surface area contributed by atoms with E-state index in [2.05, 4.69) is 0 Å². The summed E-state index contributed by atoms with van der Waals surface area (Å²) in [7, 11) is 0. The van der Waals surface area contributed by atoms with E-state index in [9.17, 15) is 4.79 Å². The minimum atomic E-state index is -0.795. The summed E-state index contributed by atoms with van der Waals surface area (Å²) < 4.78 is 5.86. The Bertz CT molecular complexity index is 416. The van der Waals surface area contributed by atoms with Gasteiger partial charge in [-0.1, -0.05) is 30.3 Å². The number of benzene rings is 1. The summed E-state index contributed by atoms with van der Waals surface area (Å²) in [6, 6.07) is 9.94. The van der Waals surface area contributed by atoms with E-state index in [-0.39, 0.29) is 18.2 Å². The van der Waals surface area contributed by atoms with Crippen molar-refractivity contribution < 1.29 is 14.6 Å². The fourth-order valence-electron chi connectivity index (χ4n) is 2.21. The first-order valence-electron chi connectivity index (χ1n) is 6.12. The highest BCUT2D eigenvalue weighted by molar-refractivity contribution is 5.69. The molecule has 4 heteroatoms. The van der Waals surface area contributed by atoms with Gasteiger partial charge in [0.05, 0.1) is 19.3 Å². The molecule has 0 saturated carbocycles. The molecule has 0 radical (unpaired) electrons. The quantitative estimate of drug-likeness (QED) is 0.889. The Labute approximate surface area is 107 Å². The number of hydrogen-bond donors (Lipinski definition) is 1. The van der Waals surface area contributed by atoms with Gasteiger partial charge in [-0.2, -0.15) is 0 Å². The molecule has 0 amide bonds. The van der Waals surface area contributed by atoms with Gasteiger partial charge in [0, 0.05) is 12.1 Å². The molecule has 1 unspecified atom stereocenters. The summed E-state index contributed by atoms with van der Waals surface area (Å²) in [6.07, 6.45) is -0.0430. The van der Waals surface area contributed by atoms with Crippen molar-refractivity contribution in [2.75, 3.05) is 19.7 Å². The number of rotatable bonds is 3. The molecule has 1 saturated heterocycles. The summed E-state index contributed by atoms with van der Waals surface area (Å²) >= 11 is 0. The van der Waals surface area contributed by atoms with Crippen LogP contribution in [-0.4, -0.2) is 41.2 Å². The van der Waals surface area contributed by atoms with Gasteiger partial charge in [0.2, 0.25) is 0 Å². The average Bonchev–Trinajstić information content (AvgIpc) is 2.32. The normalized spacial score (nSPS) is 23.8. The van der Waals surface area contributed by atoms with Crippen molar-refractivity contribution >= 4 is 5.97 Å². The summed E-state index contributed by atoms with van der Waals surface area (Å²) in [4.78, 5) is 12.9. The summed E-state index contributed by atoms with van der Waals surface area (Å²) in [5.41, 5.74) is 0.868. The van der Waals surface area contributed by atoms with Crippen LogP contribution in [0.5, 0.6) is 0 Å². The molecule has 0 spiro atoms. The Morgan fingerprint density at radius 1 is 1.44 bits per heavy atom. The lowest BCUT2D eigenvalue weighted by molar-refractivity contribution is -0.147. The third-order valence-electron chi connectivity index (χ3n) is 3.38. The van der Waals surface area contributed by atoms with E-state index in [0.29, 0.717) is 13.2 Å². The minimum Gasteiger partial charge on any atom is -0.480 e. The van der Waals surface area contributed by atoms with Crippen LogP contribution in [0.3, 0.4) is 0 Å². The van der Waals surface area contributed by atoms with Crippen LogP contribution < -0.4 is 0 Å². The minimum absolute atomic E-state index is 0.0430. The smallest absolute Gasteiger partial charge is 0.317 e. The van der Waals surface area contributed by atoms with Crippen LogP contribution in [0, 0.1) is 0 Å². The lowest BCUT2D eigenvalue weighted by atomic mass is 9.98. The molecule has 2 rings (SSSR count). The Hall–Kier alpha value is -1.39. The van der Waals surface area contributed by atoms with Gasteiger partial charge in [-0.05, 0) is 19.4 Å². The van der Waals surface area contributed by atoms with Gasteiger partial charge in [0.25, 0.3) is 0 Å². The first-order chi connectivity index (χ1) is 8.49. The molecule has 0 aliphatic carbocycles. The highest BCUT2D eigenvalue weighted by Crippen LogP contribution is 2.29. The van der Waals surface area contributed by atoms with Gasteiger partial charge in [-0.3, -0.25) is 9.69 Å². The maximum Gasteiger partial charge on any atom is 0.317 e. The number of hydrogen-bond acceptors (Lipinski definition) is 3. The number of carboxylic acid groups (broad SMARTS) is 1.